The molecule has 0 saturated carbocycles. The number of aliphatic imine (C=N–C) groups is 1. The summed E-state index contributed by atoms with van der Waals surface area (Å²) in [4.78, 5) is 18.5. The van der Waals surface area contributed by atoms with Gasteiger partial charge in [0, 0.05) is 38.2 Å². The molecule has 3 rings (SSSR count). The zero-order chi connectivity index (χ0) is 13.9. The van der Waals surface area contributed by atoms with Crippen molar-refractivity contribution in [3.8, 4) is 11.3 Å². The Kier molecular flexibility index (Phi) is 3.08. The molecule has 0 aliphatic heterocycles. The first kappa shape index (κ1) is 12.2. The normalized spacial score (nSPS) is 11.3. The lowest BCUT2D eigenvalue weighted by atomic mass is 10.2. The predicted molar refractivity (Wildman–Crippen MR) is 75.9 cm³/mol. The highest BCUT2D eigenvalue weighted by atomic mass is 15.4. The first-order valence-corrected chi connectivity index (χ1v) is 6.07. The highest BCUT2D eigenvalue weighted by Gasteiger charge is 2.08. The molecule has 0 radical (unpaired) electrons. The molecule has 0 spiro atoms. The van der Waals surface area contributed by atoms with Crippen molar-refractivity contribution in [1.82, 2.24) is 29.5 Å². The Morgan fingerprint density at radius 3 is 2.70 bits per heavy atom. The largest absolute Gasteiger partial charge is 0.369 e. The van der Waals surface area contributed by atoms with Gasteiger partial charge in [-0.05, 0) is 18.2 Å². The van der Waals surface area contributed by atoms with E-state index in [2.05, 4.69) is 25.0 Å². The van der Waals surface area contributed by atoms with E-state index in [1.165, 1.54) is 0 Å². The lowest BCUT2D eigenvalue weighted by Crippen LogP contribution is -2.07. The van der Waals surface area contributed by atoms with Crippen molar-refractivity contribution in [2.45, 2.75) is 0 Å². The average molecular weight is 267 g/mol. The van der Waals surface area contributed by atoms with Crippen LogP contribution in [0.4, 0.5) is 5.95 Å². The van der Waals surface area contributed by atoms with Crippen molar-refractivity contribution in [1.29, 1.82) is 0 Å². The van der Waals surface area contributed by atoms with E-state index in [1.54, 1.807) is 29.4 Å². The van der Waals surface area contributed by atoms with E-state index < -0.39 is 0 Å². The van der Waals surface area contributed by atoms with Crippen LogP contribution in [0.25, 0.3) is 17.0 Å². The second-order valence-corrected chi connectivity index (χ2v) is 4.40. The van der Waals surface area contributed by atoms with Gasteiger partial charge in [0.1, 0.15) is 0 Å². The summed E-state index contributed by atoms with van der Waals surface area (Å²) in [7, 11) is 3.78. The van der Waals surface area contributed by atoms with Gasteiger partial charge in [-0.25, -0.2) is 9.98 Å². The number of hydrogen-bond donors (Lipinski definition) is 0. The van der Waals surface area contributed by atoms with Gasteiger partial charge >= 0.3 is 0 Å². The predicted octanol–water partition coefficient (Wildman–Crippen LogP) is 1.41. The third kappa shape index (κ3) is 2.33. The van der Waals surface area contributed by atoms with Crippen LogP contribution in [0, 0.1) is 0 Å². The smallest absolute Gasteiger partial charge is 0.272 e. The number of hydrogen-bond acceptors (Lipinski definition) is 5. The van der Waals surface area contributed by atoms with Gasteiger partial charge < -0.3 is 4.90 Å². The summed E-state index contributed by atoms with van der Waals surface area (Å²) in [5.74, 6) is 0.901. The van der Waals surface area contributed by atoms with Crippen LogP contribution < -0.4 is 0 Å². The van der Waals surface area contributed by atoms with Crippen LogP contribution in [0.2, 0.25) is 0 Å². The fourth-order valence-corrected chi connectivity index (χ4v) is 1.75. The van der Waals surface area contributed by atoms with Crippen molar-refractivity contribution in [3.05, 3.63) is 36.8 Å². The fraction of sp³-hybridized carbons (Fsp3) is 0.154. The zero-order valence-corrected chi connectivity index (χ0v) is 11.2. The van der Waals surface area contributed by atoms with E-state index in [9.17, 15) is 0 Å². The second kappa shape index (κ2) is 5.04. The first-order valence-electron chi connectivity index (χ1n) is 6.07. The van der Waals surface area contributed by atoms with Crippen LogP contribution in [-0.2, 0) is 0 Å². The molecule has 0 aromatic carbocycles. The maximum absolute atomic E-state index is 4.36. The average Bonchev–Trinajstić information content (AvgIpc) is 2.89. The zero-order valence-electron chi connectivity index (χ0n) is 11.2. The van der Waals surface area contributed by atoms with Gasteiger partial charge in [-0.1, -0.05) is 0 Å². The summed E-state index contributed by atoms with van der Waals surface area (Å²) < 4.78 is 1.68. The maximum Gasteiger partial charge on any atom is 0.272 e. The molecule has 0 unspecified atom stereocenters. The molecule has 3 aromatic heterocycles. The van der Waals surface area contributed by atoms with E-state index in [0.29, 0.717) is 11.7 Å². The Morgan fingerprint density at radius 2 is 1.95 bits per heavy atom. The minimum Gasteiger partial charge on any atom is -0.369 e. The molecule has 0 fully saturated rings. The standard InChI is InChI=1S/C13H13N7/c1-19(2)9-16-12-17-13-15-8-5-11(20(13)18-12)10-3-6-14-7-4-10/h3-9H,1-2H3/b16-9+. The third-order valence-electron chi connectivity index (χ3n) is 2.61. The summed E-state index contributed by atoms with van der Waals surface area (Å²) in [5.41, 5.74) is 1.90. The van der Waals surface area contributed by atoms with Gasteiger partial charge in [-0.2, -0.15) is 9.50 Å². The Labute approximate surface area is 115 Å². The van der Waals surface area contributed by atoms with Crippen LogP contribution in [0.5, 0.6) is 0 Å². The molecule has 3 heterocycles. The van der Waals surface area contributed by atoms with Crippen molar-refractivity contribution in [2.75, 3.05) is 14.1 Å². The number of aromatic nitrogens is 5. The molecule has 7 heteroatoms. The molecule has 7 nitrogen and oxygen atoms in total. The van der Waals surface area contributed by atoms with Crippen LogP contribution in [0.15, 0.2) is 41.8 Å². The Morgan fingerprint density at radius 1 is 1.15 bits per heavy atom. The molecule has 100 valence electrons. The van der Waals surface area contributed by atoms with Crippen LogP contribution >= 0.6 is 0 Å². The van der Waals surface area contributed by atoms with Crippen molar-refractivity contribution >= 4 is 18.1 Å². The first-order chi connectivity index (χ1) is 9.74. The summed E-state index contributed by atoms with van der Waals surface area (Å²) >= 11 is 0. The second-order valence-electron chi connectivity index (χ2n) is 4.40. The molecule has 0 amide bonds. The van der Waals surface area contributed by atoms with Gasteiger partial charge in [0.25, 0.3) is 11.7 Å². The molecule has 0 saturated heterocycles. The summed E-state index contributed by atoms with van der Waals surface area (Å²) in [6.07, 6.45) is 6.84. The molecular formula is C13H13N7. The number of rotatable bonds is 3. The highest BCUT2D eigenvalue weighted by Crippen LogP contribution is 2.19. The SMILES string of the molecule is CN(C)/C=N/c1nc2nccc(-c3ccncc3)n2n1. The van der Waals surface area contributed by atoms with Crippen molar-refractivity contribution in [3.63, 3.8) is 0 Å². The molecule has 0 bridgehead atoms. The van der Waals surface area contributed by atoms with Crippen LogP contribution in [0.3, 0.4) is 0 Å². The van der Waals surface area contributed by atoms with Crippen molar-refractivity contribution < 1.29 is 0 Å². The lowest BCUT2D eigenvalue weighted by Gasteiger charge is -2.02. The summed E-state index contributed by atoms with van der Waals surface area (Å²) in [6, 6.07) is 5.72. The maximum atomic E-state index is 4.36. The van der Waals surface area contributed by atoms with E-state index in [4.69, 9.17) is 0 Å². The summed E-state index contributed by atoms with van der Waals surface area (Å²) in [5, 5.41) is 4.36. The quantitative estimate of drug-likeness (QED) is 0.530. The molecule has 3 aromatic rings. The molecule has 0 aliphatic carbocycles. The molecule has 0 atom stereocenters. The van der Waals surface area contributed by atoms with E-state index >= 15 is 0 Å². The van der Waals surface area contributed by atoms with Gasteiger partial charge in [-0.3, -0.25) is 4.98 Å². The minimum atomic E-state index is 0.382. The highest BCUT2D eigenvalue weighted by molar-refractivity contribution is 5.62. The number of fused-ring (bicyclic) bond motifs is 1. The fourth-order valence-electron chi connectivity index (χ4n) is 1.75. The topological polar surface area (TPSA) is 71.6 Å². The van der Waals surface area contributed by atoms with E-state index in [-0.39, 0.29) is 0 Å². The van der Waals surface area contributed by atoms with Gasteiger partial charge in [0.15, 0.2) is 0 Å². The molecular weight excluding hydrogens is 254 g/mol. The number of nitrogens with zero attached hydrogens (tertiary/aromatic N) is 7. The van der Waals surface area contributed by atoms with Gasteiger partial charge in [0.2, 0.25) is 0 Å². The monoisotopic (exact) mass is 267 g/mol. The van der Waals surface area contributed by atoms with Gasteiger partial charge in [0.05, 0.1) is 12.0 Å². The summed E-state index contributed by atoms with van der Waals surface area (Å²) in [6.45, 7) is 0. The lowest BCUT2D eigenvalue weighted by molar-refractivity contribution is 0.642. The Bertz CT molecular complexity index is 746. The van der Waals surface area contributed by atoms with E-state index in [1.807, 2.05) is 37.2 Å². The molecule has 0 aliphatic rings. The van der Waals surface area contributed by atoms with Crippen LogP contribution in [0.1, 0.15) is 0 Å². The number of pyridine rings is 1. The molecule has 20 heavy (non-hydrogen) atoms. The third-order valence-corrected chi connectivity index (χ3v) is 2.61. The van der Waals surface area contributed by atoms with Gasteiger partial charge in [-0.15, -0.1) is 5.10 Å². The van der Waals surface area contributed by atoms with Crippen molar-refractivity contribution in [2.24, 2.45) is 4.99 Å². The molecule has 0 N–H and O–H groups in total. The van der Waals surface area contributed by atoms with E-state index in [0.717, 1.165) is 11.3 Å². The van der Waals surface area contributed by atoms with Crippen LogP contribution in [-0.4, -0.2) is 49.9 Å². The Hall–Kier alpha value is -2.83. The minimum absolute atomic E-state index is 0.382. The Balaban J connectivity index is 2.11.